The van der Waals surface area contributed by atoms with E-state index in [0.717, 1.165) is 19.4 Å². The van der Waals surface area contributed by atoms with Gasteiger partial charge >= 0.3 is 0 Å². The first-order valence-electron chi connectivity index (χ1n) is 7.81. The fourth-order valence-electron chi connectivity index (χ4n) is 2.19. The van der Waals surface area contributed by atoms with Crippen LogP contribution >= 0.6 is 12.2 Å². The summed E-state index contributed by atoms with van der Waals surface area (Å²) in [5.74, 6) is 0.0749. The average molecular weight is 298 g/mol. The first-order chi connectivity index (χ1) is 9.48. The van der Waals surface area contributed by atoms with Gasteiger partial charge < -0.3 is 5.32 Å². The van der Waals surface area contributed by atoms with Crippen molar-refractivity contribution in [3.8, 4) is 0 Å². The van der Waals surface area contributed by atoms with E-state index in [9.17, 15) is 4.79 Å². The molecule has 20 heavy (non-hydrogen) atoms. The lowest BCUT2D eigenvalue weighted by Crippen LogP contribution is -2.20. The van der Waals surface area contributed by atoms with Gasteiger partial charge in [0.1, 0.15) is 0 Å². The summed E-state index contributed by atoms with van der Waals surface area (Å²) < 4.78 is 0. The number of aliphatic imine (C=N–C) groups is 1. The molecular formula is C16H30N2OS. The predicted octanol–water partition coefficient (Wildman–Crippen LogP) is 4.51. The van der Waals surface area contributed by atoms with E-state index >= 15 is 0 Å². The van der Waals surface area contributed by atoms with Gasteiger partial charge in [-0.2, -0.15) is 0 Å². The fraction of sp³-hybridized carbons (Fsp3) is 0.875. The molecule has 0 aliphatic rings. The van der Waals surface area contributed by atoms with Crippen molar-refractivity contribution in [2.75, 3.05) is 6.54 Å². The average Bonchev–Trinajstić information content (AvgIpc) is 2.35. The molecule has 1 N–H and O–H groups in total. The van der Waals surface area contributed by atoms with E-state index < -0.39 is 0 Å². The highest BCUT2D eigenvalue weighted by molar-refractivity contribution is 7.78. The Morgan fingerprint density at radius 2 is 1.55 bits per heavy atom. The molecule has 3 nitrogen and oxygen atoms in total. The smallest absolute Gasteiger partial charge is 0.216 e. The first-order valence-corrected chi connectivity index (χ1v) is 8.22. The van der Waals surface area contributed by atoms with E-state index in [4.69, 9.17) is 0 Å². The van der Waals surface area contributed by atoms with Gasteiger partial charge in [0.05, 0.1) is 10.7 Å². The fourth-order valence-corrected chi connectivity index (χ4v) is 2.43. The molecule has 0 aliphatic carbocycles. The number of rotatable bonds is 12. The zero-order valence-electron chi connectivity index (χ0n) is 13.3. The van der Waals surface area contributed by atoms with Gasteiger partial charge in [0.15, 0.2) is 0 Å². The van der Waals surface area contributed by atoms with Crippen LogP contribution in [0.2, 0.25) is 0 Å². The van der Waals surface area contributed by atoms with Crippen molar-refractivity contribution < 1.29 is 4.79 Å². The Balaban J connectivity index is 3.25. The second-order valence-electron chi connectivity index (χ2n) is 6.08. The number of carbonyl (C=O) groups excluding carboxylic acids is 1. The molecule has 0 saturated heterocycles. The molecule has 4 heteroatoms. The topological polar surface area (TPSA) is 41.5 Å². The van der Waals surface area contributed by atoms with E-state index in [1.807, 2.05) is 0 Å². The minimum atomic E-state index is -0.0362. The summed E-state index contributed by atoms with van der Waals surface area (Å²) in [5.41, 5.74) is -0.0362. The number of unbranched alkanes of at least 4 members (excludes halogenated alkanes) is 7. The third kappa shape index (κ3) is 13.7. The molecule has 0 rings (SSSR count). The van der Waals surface area contributed by atoms with Crippen LogP contribution in [0.5, 0.6) is 0 Å². The van der Waals surface area contributed by atoms with Crippen LogP contribution in [-0.4, -0.2) is 23.2 Å². The number of amides is 1. The van der Waals surface area contributed by atoms with E-state index in [0.29, 0.717) is 0 Å². The molecular weight excluding hydrogens is 268 g/mol. The third-order valence-corrected chi connectivity index (χ3v) is 3.53. The molecule has 0 aromatic carbocycles. The van der Waals surface area contributed by atoms with E-state index in [1.165, 1.54) is 44.9 Å². The van der Waals surface area contributed by atoms with Gasteiger partial charge in [-0.25, -0.2) is 4.99 Å². The maximum Gasteiger partial charge on any atom is 0.216 e. The molecule has 116 valence electrons. The van der Waals surface area contributed by atoms with Crippen LogP contribution in [0, 0.1) is 0 Å². The van der Waals surface area contributed by atoms with Gasteiger partial charge in [0.2, 0.25) is 5.91 Å². The molecule has 0 fully saturated rings. The molecule has 0 aromatic heterocycles. The highest BCUT2D eigenvalue weighted by Gasteiger charge is 2.14. The minimum absolute atomic E-state index is 0.0362. The Labute approximate surface area is 129 Å². The highest BCUT2D eigenvalue weighted by atomic mass is 32.1. The second-order valence-corrected chi connectivity index (χ2v) is 6.26. The van der Waals surface area contributed by atoms with Crippen molar-refractivity contribution in [1.82, 2.24) is 5.32 Å². The Kier molecular flexibility index (Phi) is 11.6. The number of hydrogen-bond donors (Lipinski definition) is 1. The van der Waals surface area contributed by atoms with Crippen molar-refractivity contribution >= 4 is 23.3 Å². The summed E-state index contributed by atoms with van der Waals surface area (Å²) >= 11 is 4.65. The predicted molar refractivity (Wildman–Crippen MR) is 89.3 cm³/mol. The number of nitrogens with one attached hydrogen (secondary N) is 1. The maximum atomic E-state index is 10.7. The third-order valence-electron chi connectivity index (χ3n) is 3.44. The maximum absolute atomic E-state index is 10.7. The zero-order valence-corrected chi connectivity index (χ0v) is 14.2. The number of hydrogen-bond acceptors (Lipinski definition) is 3. The second kappa shape index (κ2) is 12.0. The van der Waals surface area contributed by atoms with Gasteiger partial charge in [0.25, 0.3) is 0 Å². The molecule has 1 amide bonds. The first kappa shape index (κ1) is 19.3. The van der Waals surface area contributed by atoms with E-state index in [2.05, 4.69) is 41.5 Å². The SMILES string of the molecule is CC(=O)NCCCCCCCCCCC(C)(C)N=C=S. The standard InChI is InChI=1S/C16H30N2OS/c1-15(19)17-13-11-9-7-5-4-6-8-10-12-16(2,3)18-14-20/h4-13H2,1-3H3,(H,17,19). The monoisotopic (exact) mass is 298 g/mol. The van der Waals surface area contributed by atoms with Crippen molar-refractivity contribution in [2.24, 2.45) is 4.99 Å². The molecule has 0 aliphatic heterocycles. The van der Waals surface area contributed by atoms with Gasteiger partial charge in [0, 0.05) is 13.5 Å². The lowest BCUT2D eigenvalue weighted by Gasteiger charge is -2.17. The molecule has 0 radical (unpaired) electrons. The largest absolute Gasteiger partial charge is 0.356 e. The van der Waals surface area contributed by atoms with Crippen LogP contribution < -0.4 is 5.32 Å². The Bertz CT molecular complexity index is 310. The highest BCUT2D eigenvalue weighted by Crippen LogP contribution is 2.19. The number of thiocarbonyl (C=S) groups is 1. The van der Waals surface area contributed by atoms with Crippen molar-refractivity contribution in [3.63, 3.8) is 0 Å². The summed E-state index contributed by atoms with van der Waals surface area (Å²) in [5, 5.41) is 5.31. The molecule has 0 unspecified atom stereocenters. The Morgan fingerprint density at radius 1 is 1.05 bits per heavy atom. The van der Waals surface area contributed by atoms with Crippen LogP contribution in [0.25, 0.3) is 0 Å². The number of isothiocyanates is 1. The van der Waals surface area contributed by atoms with Gasteiger partial charge in [-0.1, -0.05) is 44.9 Å². The normalized spacial score (nSPS) is 10.9. The van der Waals surface area contributed by atoms with Crippen molar-refractivity contribution in [3.05, 3.63) is 0 Å². The molecule has 0 spiro atoms. The zero-order chi connectivity index (χ0) is 15.3. The summed E-state index contributed by atoms with van der Waals surface area (Å²) in [7, 11) is 0. The lowest BCUT2D eigenvalue weighted by molar-refractivity contribution is -0.118. The molecule has 0 atom stereocenters. The molecule has 0 saturated carbocycles. The minimum Gasteiger partial charge on any atom is -0.356 e. The lowest BCUT2D eigenvalue weighted by atomic mass is 9.97. The summed E-state index contributed by atoms with van der Waals surface area (Å²) in [6.45, 7) is 6.62. The Hall–Kier alpha value is -0.730. The van der Waals surface area contributed by atoms with Crippen LogP contribution in [0.1, 0.15) is 78.6 Å². The molecule has 0 bridgehead atoms. The number of nitrogens with zero attached hydrogens (tertiary/aromatic N) is 1. The van der Waals surface area contributed by atoms with Crippen LogP contribution in [0.4, 0.5) is 0 Å². The van der Waals surface area contributed by atoms with Crippen LogP contribution in [0.15, 0.2) is 4.99 Å². The van der Waals surface area contributed by atoms with Gasteiger partial charge in [-0.15, -0.1) is 0 Å². The molecule has 0 heterocycles. The van der Waals surface area contributed by atoms with Crippen molar-refractivity contribution in [1.29, 1.82) is 0 Å². The van der Waals surface area contributed by atoms with Crippen LogP contribution in [-0.2, 0) is 4.79 Å². The van der Waals surface area contributed by atoms with E-state index in [1.54, 1.807) is 6.92 Å². The van der Waals surface area contributed by atoms with Gasteiger partial charge in [-0.3, -0.25) is 4.79 Å². The quantitative estimate of drug-likeness (QED) is 0.327. The Morgan fingerprint density at radius 3 is 2.05 bits per heavy atom. The van der Waals surface area contributed by atoms with Crippen molar-refractivity contribution in [2.45, 2.75) is 84.1 Å². The summed E-state index contributed by atoms with van der Waals surface area (Å²) in [4.78, 5) is 14.8. The molecule has 0 aromatic rings. The van der Waals surface area contributed by atoms with E-state index in [-0.39, 0.29) is 11.4 Å². The van der Waals surface area contributed by atoms with Gasteiger partial charge in [-0.05, 0) is 38.9 Å². The van der Waals surface area contributed by atoms with Crippen LogP contribution in [0.3, 0.4) is 0 Å². The summed E-state index contributed by atoms with van der Waals surface area (Å²) in [6.07, 6.45) is 11.1. The summed E-state index contributed by atoms with van der Waals surface area (Å²) in [6, 6.07) is 0. The number of carbonyl (C=O) groups is 1.